The fourth-order valence-electron chi connectivity index (χ4n) is 10.5. The van der Waals surface area contributed by atoms with E-state index in [2.05, 4.69) is 50.5 Å². The van der Waals surface area contributed by atoms with Crippen molar-refractivity contribution in [1.29, 1.82) is 0 Å². The lowest BCUT2D eigenvalue weighted by Crippen LogP contribution is -2.25. The third kappa shape index (κ3) is 12.8. The molecule has 0 unspecified atom stereocenters. The van der Waals surface area contributed by atoms with Crippen LogP contribution in [0.15, 0.2) is 124 Å². The maximum atomic E-state index is 13.2. The molecule has 474 valence electrons. The van der Waals surface area contributed by atoms with Gasteiger partial charge in [0.25, 0.3) is 16.7 Å². The SMILES string of the molecule is COc1ccc(CN)c(OC)c1.COc1ccc(CNc2cccc(Cn3ncc4c5sc(C)nc5n(C)c4c3=O)n2)c(OC)c1.Cc1nc2c(s1)c1cnn(Cc3cccc(F)n3)c(=O)c1n2C.Cc1nc2c(s1)c1cnn(Cc3cccc(N)n3)c(=O)c1n2C.[HH]. The van der Waals surface area contributed by atoms with Gasteiger partial charge in [0.2, 0.25) is 5.95 Å². The van der Waals surface area contributed by atoms with E-state index in [1.807, 2.05) is 118 Å². The molecular weight excluding hydrogens is 1240 g/mol. The van der Waals surface area contributed by atoms with Gasteiger partial charge in [-0.3, -0.25) is 14.4 Å². The van der Waals surface area contributed by atoms with Gasteiger partial charge in [-0.05, 0) is 75.4 Å². The quantitative estimate of drug-likeness (QED) is 0.0855. The maximum Gasteiger partial charge on any atom is 0.291 e. The highest BCUT2D eigenvalue weighted by Gasteiger charge is 2.21. The number of anilines is 2. The summed E-state index contributed by atoms with van der Waals surface area (Å²) in [5, 5.41) is 21.6. The minimum atomic E-state index is -0.573. The predicted molar refractivity (Wildman–Crippen MR) is 359 cm³/mol. The number of aryl methyl sites for hydroxylation is 6. The van der Waals surface area contributed by atoms with Crippen molar-refractivity contribution in [3.63, 3.8) is 0 Å². The molecule has 5 N–H and O–H groups in total. The third-order valence-electron chi connectivity index (χ3n) is 14.9. The molecule has 14 aromatic rings. The Morgan fingerprint density at radius 1 is 0.511 bits per heavy atom. The van der Waals surface area contributed by atoms with Gasteiger partial charge in [-0.1, -0.05) is 24.3 Å². The number of nitrogens with two attached hydrogens (primary N) is 2. The van der Waals surface area contributed by atoms with Gasteiger partial charge in [0.15, 0.2) is 16.9 Å². The molecule has 0 aliphatic carbocycles. The van der Waals surface area contributed by atoms with Crippen LogP contribution in [0.1, 0.15) is 44.7 Å². The summed E-state index contributed by atoms with van der Waals surface area (Å²) in [6, 6.07) is 26.8. The smallest absolute Gasteiger partial charge is 0.291 e. The molecule has 0 spiro atoms. The van der Waals surface area contributed by atoms with Crippen molar-refractivity contribution in [2.75, 3.05) is 39.5 Å². The molecule has 12 heterocycles. The summed E-state index contributed by atoms with van der Waals surface area (Å²) in [5.41, 5.74) is 18.6. The fraction of sp³-hybridized carbons (Fsp3) is 0.238. The van der Waals surface area contributed by atoms with Crippen molar-refractivity contribution < 1.29 is 24.8 Å². The Morgan fingerprint density at radius 3 is 1.33 bits per heavy atom. The van der Waals surface area contributed by atoms with Crippen LogP contribution in [0, 0.1) is 26.7 Å². The number of rotatable bonds is 14. The van der Waals surface area contributed by atoms with Gasteiger partial charge in [-0.25, -0.2) is 43.9 Å². The number of nitrogens with zero attached hydrogens (tertiary/aromatic N) is 15. The number of nitrogen functional groups attached to an aromatic ring is 1. The number of halogens is 1. The van der Waals surface area contributed by atoms with Gasteiger partial charge >= 0.3 is 0 Å². The van der Waals surface area contributed by atoms with Crippen LogP contribution in [0.3, 0.4) is 0 Å². The molecule has 0 amide bonds. The number of aromatic nitrogens is 15. The monoisotopic (exact) mass is 1300 g/mol. The Bertz CT molecular complexity index is 5080. The zero-order valence-electron chi connectivity index (χ0n) is 51.8. The highest BCUT2D eigenvalue weighted by Crippen LogP contribution is 2.33. The van der Waals surface area contributed by atoms with Crippen LogP contribution < -0.4 is 52.4 Å². The fourth-order valence-corrected chi connectivity index (χ4v) is 13.4. The van der Waals surface area contributed by atoms with Crippen LogP contribution in [0.25, 0.3) is 63.8 Å². The normalized spacial score (nSPS) is 11.2. The van der Waals surface area contributed by atoms with Crippen molar-refractivity contribution in [3.8, 4) is 23.0 Å². The number of benzene rings is 2. The highest BCUT2D eigenvalue weighted by atomic mass is 32.1. The van der Waals surface area contributed by atoms with E-state index in [4.69, 9.17) is 30.4 Å². The predicted octanol–water partition coefficient (Wildman–Crippen LogP) is 9.05. The van der Waals surface area contributed by atoms with Gasteiger partial charge in [0, 0.05) is 75.1 Å². The molecule has 0 fully saturated rings. The standard InChI is InChI=1S/C24H24N6O3S.C15H12FN5OS.C15H14N6OS.C9H13NO2.H2/c1-14-27-23-22(34-14)18-12-26-30(24(31)21(18)29(23)2)13-16-6-5-7-20(28-16)25-11-15-8-9-17(32-3)10-19(15)33-4;2*1-8-18-14-13(23-8)10-6-17-21(15(22)12(10)20(14)2)7-9-4-3-5-11(16)19-9;1-11-8-4-3-7(6-10)9(5-8)12-2;/h5-10,12H,11,13H2,1-4H3,(H,25,28);3-6H,7H2,1-2H3;3-6H,7H2,1-2H3,(H2,16,19);3-5H,6,10H2,1-2H3;1H. The van der Waals surface area contributed by atoms with Crippen LogP contribution in [-0.4, -0.2) is 101 Å². The summed E-state index contributed by atoms with van der Waals surface area (Å²) in [5.74, 6) is 3.58. The summed E-state index contributed by atoms with van der Waals surface area (Å²) in [6.45, 7) is 7.53. The largest absolute Gasteiger partial charge is 0.497 e. The van der Waals surface area contributed by atoms with E-state index in [0.29, 0.717) is 52.7 Å². The number of hydrogen-bond donors (Lipinski definition) is 3. The van der Waals surface area contributed by atoms with Gasteiger partial charge < -0.3 is 49.4 Å². The van der Waals surface area contributed by atoms with Gasteiger partial charge in [-0.2, -0.15) is 19.7 Å². The average Bonchev–Trinajstić information content (AvgIpc) is 1.62. The molecule has 0 aliphatic heterocycles. The number of pyridine rings is 3. The highest BCUT2D eigenvalue weighted by molar-refractivity contribution is 7.20. The van der Waals surface area contributed by atoms with Gasteiger partial charge in [-0.15, -0.1) is 34.0 Å². The first-order valence-electron chi connectivity index (χ1n) is 28.5. The zero-order chi connectivity index (χ0) is 65.1. The molecule has 0 radical (unpaired) electrons. The first-order valence-corrected chi connectivity index (χ1v) is 30.9. The molecule has 29 heteroatoms. The second-order valence-electron chi connectivity index (χ2n) is 20.9. The molecule has 12 aromatic heterocycles. The first-order chi connectivity index (χ1) is 44.4. The maximum absolute atomic E-state index is 13.2. The van der Waals surface area contributed by atoms with Crippen molar-refractivity contribution in [2.24, 2.45) is 26.9 Å². The van der Waals surface area contributed by atoms with E-state index in [9.17, 15) is 18.8 Å². The number of hydrogen-bond acceptors (Lipinski definition) is 22. The van der Waals surface area contributed by atoms with E-state index >= 15 is 0 Å². The lowest BCUT2D eigenvalue weighted by Gasteiger charge is -2.12. The lowest BCUT2D eigenvalue weighted by atomic mass is 10.2. The summed E-state index contributed by atoms with van der Waals surface area (Å²) in [4.78, 5) is 64.9. The number of nitrogens with one attached hydrogen (secondary N) is 1. The van der Waals surface area contributed by atoms with Gasteiger partial charge in [0.05, 0.1) is 113 Å². The van der Waals surface area contributed by atoms with E-state index < -0.39 is 5.95 Å². The molecule has 0 saturated heterocycles. The summed E-state index contributed by atoms with van der Waals surface area (Å²) in [7, 11) is 12.0. The van der Waals surface area contributed by atoms with Crippen LogP contribution in [0.2, 0.25) is 0 Å². The van der Waals surface area contributed by atoms with Crippen LogP contribution in [-0.2, 0) is 53.9 Å². The number of methoxy groups -OCH3 is 4. The van der Waals surface area contributed by atoms with Crippen LogP contribution in [0.5, 0.6) is 23.0 Å². The third-order valence-corrected chi connectivity index (χ3v) is 17.9. The Labute approximate surface area is 537 Å². The Balaban J connectivity index is 0.000000142. The molecule has 0 saturated carbocycles. The summed E-state index contributed by atoms with van der Waals surface area (Å²) >= 11 is 4.69. The molecule has 25 nitrogen and oxygen atoms in total. The van der Waals surface area contributed by atoms with E-state index in [-0.39, 0.29) is 37.7 Å². The van der Waals surface area contributed by atoms with E-state index in [0.717, 1.165) is 102 Å². The van der Waals surface area contributed by atoms with Crippen molar-refractivity contribution in [1.82, 2.24) is 72.9 Å². The zero-order valence-corrected chi connectivity index (χ0v) is 54.2. The Hall–Kier alpha value is -10.5. The molecule has 0 aliphatic rings. The molecule has 0 atom stereocenters. The second-order valence-corrected chi connectivity index (χ2v) is 24.5. The van der Waals surface area contributed by atoms with Crippen molar-refractivity contribution in [3.05, 3.63) is 190 Å². The molecule has 2 aromatic carbocycles. The van der Waals surface area contributed by atoms with Crippen LogP contribution in [0.4, 0.5) is 16.0 Å². The van der Waals surface area contributed by atoms with E-state index in [1.165, 1.54) is 20.1 Å². The minimum Gasteiger partial charge on any atom is -0.497 e. The molecule has 14 rings (SSSR count). The Kier molecular flexibility index (Phi) is 18.5. The van der Waals surface area contributed by atoms with Gasteiger partial charge in [0.1, 0.15) is 51.2 Å². The molecular formula is C63H65FN18O7S3. The topological polar surface area (TPSA) is 298 Å². The van der Waals surface area contributed by atoms with Crippen molar-refractivity contribution >= 4 is 109 Å². The molecule has 92 heavy (non-hydrogen) atoms. The minimum absolute atomic E-state index is 0. The number of thiazole rings is 3. The van der Waals surface area contributed by atoms with Crippen LogP contribution >= 0.6 is 34.0 Å². The lowest BCUT2D eigenvalue weighted by molar-refractivity contribution is 0.391. The first kappa shape index (κ1) is 63.1. The average molecular weight is 1300 g/mol. The molecule has 0 bridgehead atoms. The summed E-state index contributed by atoms with van der Waals surface area (Å²) in [6.07, 6.45) is 5.13. The number of fused-ring (bicyclic) bond motifs is 9. The van der Waals surface area contributed by atoms with E-state index in [1.54, 1.807) is 104 Å². The summed E-state index contributed by atoms with van der Waals surface area (Å²) < 4.78 is 46.6. The Morgan fingerprint density at radius 2 is 0.913 bits per heavy atom. The van der Waals surface area contributed by atoms with Crippen molar-refractivity contribution in [2.45, 2.75) is 53.5 Å². The number of ether oxygens (including phenoxy) is 4. The second kappa shape index (κ2) is 26.9.